The molecule has 1 unspecified atom stereocenters. The third kappa shape index (κ3) is 2.84. The maximum Gasteiger partial charge on any atom is 0.0397 e. The highest BCUT2D eigenvalue weighted by molar-refractivity contribution is 7.49. The molecule has 0 heterocycles. The van der Waals surface area contributed by atoms with Gasteiger partial charge in [-0.05, 0) is 24.4 Å². The summed E-state index contributed by atoms with van der Waals surface area (Å²) in [5.41, 5.74) is 2.58. The Labute approximate surface area is 98.9 Å². The molecular formula is C14H16NP. The molecule has 0 aliphatic carbocycles. The van der Waals surface area contributed by atoms with Crippen LogP contribution < -0.4 is 9.97 Å². The lowest BCUT2D eigenvalue weighted by Gasteiger charge is -2.19. The summed E-state index contributed by atoms with van der Waals surface area (Å²) in [5, 5.41) is 1.37. The van der Waals surface area contributed by atoms with Crippen molar-refractivity contribution in [3.63, 3.8) is 0 Å². The smallest absolute Gasteiger partial charge is 0.0397 e. The van der Waals surface area contributed by atoms with Gasteiger partial charge in [-0.2, -0.15) is 0 Å². The van der Waals surface area contributed by atoms with Crippen LogP contribution >= 0.6 is 8.73 Å². The van der Waals surface area contributed by atoms with Crippen molar-refractivity contribution in [3.8, 4) is 0 Å². The molecule has 0 radical (unpaired) electrons. The zero-order valence-corrected chi connectivity index (χ0v) is 10.6. The van der Waals surface area contributed by atoms with Gasteiger partial charge in [0.05, 0.1) is 0 Å². The molecule has 0 fully saturated rings. The van der Waals surface area contributed by atoms with Gasteiger partial charge in [-0.15, -0.1) is 0 Å². The maximum absolute atomic E-state index is 2.29. The Bertz CT molecular complexity index is 436. The first kappa shape index (κ1) is 11.2. The van der Waals surface area contributed by atoms with E-state index in [0.29, 0.717) is 8.73 Å². The van der Waals surface area contributed by atoms with Gasteiger partial charge in [0.2, 0.25) is 0 Å². The Balaban J connectivity index is 2.09. The molecule has 2 rings (SSSR count). The molecule has 0 saturated heterocycles. The number of rotatable bonds is 3. The molecule has 82 valence electrons. The van der Waals surface area contributed by atoms with E-state index < -0.39 is 0 Å². The average molecular weight is 229 g/mol. The predicted octanol–water partition coefficient (Wildman–Crippen LogP) is 3.35. The molecule has 1 nitrogen and oxygen atoms in total. The van der Waals surface area contributed by atoms with E-state index in [9.17, 15) is 0 Å². The quantitative estimate of drug-likeness (QED) is 0.729. The van der Waals surface area contributed by atoms with Crippen LogP contribution in [0.4, 0.5) is 5.69 Å². The third-order valence-corrected chi connectivity index (χ3v) is 3.68. The van der Waals surface area contributed by atoms with Crippen LogP contribution in [-0.4, -0.2) is 7.05 Å². The van der Waals surface area contributed by atoms with E-state index >= 15 is 0 Å². The minimum absolute atomic E-state index is 0.686. The second-order valence-electron chi connectivity index (χ2n) is 3.87. The van der Waals surface area contributed by atoms with E-state index in [4.69, 9.17) is 0 Å². The summed E-state index contributed by atoms with van der Waals surface area (Å²) in [4.78, 5) is 0. The molecule has 0 aromatic heterocycles. The molecule has 0 amide bonds. The van der Waals surface area contributed by atoms with E-state index in [0.717, 1.165) is 0 Å². The summed E-state index contributed by atoms with van der Waals surface area (Å²) >= 11 is 0. The summed E-state index contributed by atoms with van der Waals surface area (Å²) in [6, 6.07) is 19.2. The van der Waals surface area contributed by atoms with Crippen LogP contribution in [0.5, 0.6) is 0 Å². The fraction of sp³-hybridized carbons (Fsp3) is 0.143. The van der Waals surface area contributed by atoms with E-state index in [1.54, 1.807) is 0 Å². The van der Waals surface area contributed by atoms with Gasteiger partial charge in [0.25, 0.3) is 0 Å². The van der Waals surface area contributed by atoms with Gasteiger partial charge in [0, 0.05) is 21.5 Å². The Morgan fingerprint density at radius 2 is 1.50 bits per heavy atom. The largest absolute Gasteiger partial charge is 0.352 e. The van der Waals surface area contributed by atoms with Gasteiger partial charge in [0.15, 0.2) is 0 Å². The lowest BCUT2D eigenvalue weighted by Crippen LogP contribution is -2.09. The highest BCUT2D eigenvalue weighted by Gasteiger charge is 2.00. The number of nitrogens with zero attached hydrogens (tertiary/aromatic N) is 1. The molecule has 0 saturated carbocycles. The summed E-state index contributed by atoms with van der Waals surface area (Å²) < 4.78 is 2.29. The molecule has 0 bridgehead atoms. The second kappa shape index (κ2) is 5.14. The molecular weight excluding hydrogens is 213 g/mol. The van der Waals surface area contributed by atoms with E-state index in [1.807, 2.05) is 0 Å². The average Bonchev–Trinajstić information content (AvgIpc) is 2.31. The maximum atomic E-state index is 2.29. The third-order valence-electron chi connectivity index (χ3n) is 2.49. The fourth-order valence-electron chi connectivity index (χ4n) is 1.54. The lowest BCUT2D eigenvalue weighted by atomic mass is 10.2. The van der Waals surface area contributed by atoms with Crippen LogP contribution in [0.2, 0.25) is 0 Å². The van der Waals surface area contributed by atoms with E-state index in [1.165, 1.54) is 16.6 Å². The molecule has 0 spiro atoms. The molecule has 2 heteroatoms. The van der Waals surface area contributed by atoms with Crippen LogP contribution in [0, 0.1) is 6.92 Å². The topological polar surface area (TPSA) is 3.24 Å². The number of hydrogen-bond acceptors (Lipinski definition) is 1. The lowest BCUT2D eigenvalue weighted by molar-refractivity contribution is 1.34. The van der Waals surface area contributed by atoms with Crippen LogP contribution in [0.3, 0.4) is 0 Å². The van der Waals surface area contributed by atoms with Gasteiger partial charge in [-0.25, -0.2) is 0 Å². The molecule has 2 aromatic carbocycles. The van der Waals surface area contributed by atoms with Gasteiger partial charge in [-0.3, -0.25) is 0 Å². The number of benzene rings is 2. The highest BCUT2D eigenvalue weighted by Crippen LogP contribution is 2.24. The van der Waals surface area contributed by atoms with Crippen molar-refractivity contribution in [3.05, 3.63) is 60.2 Å². The first-order chi connectivity index (χ1) is 7.75. The molecule has 0 aliphatic rings. The number of aryl methyl sites for hydroxylation is 1. The minimum atomic E-state index is 0.686. The highest BCUT2D eigenvalue weighted by atomic mass is 31.1. The summed E-state index contributed by atoms with van der Waals surface area (Å²) in [7, 11) is 2.82. The Morgan fingerprint density at radius 3 is 2.12 bits per heavy atom. The van der Waals surface area contributed by atoms with Crippen molar-refractivity contribution in [2.24, 2.45) is 0 Å². The summed E-state index contributed by atoms with van der Waals surface area (Å²) in [6.45, 7) is 2.11. The van der Waals surface area contributed by atoms with Crippen molar-refractivity contribution in [1.82, 2.24) is 0 Å². The normalized spacial score (nSPS) is 10.9. The predicted molar refractivity (Wildman–Crippen MR) is 74.0 cm³/mol. The Kier molecular flexibility index (Phi) is 3.58. The summed E-state index contributed by atoms with van der Waals surface area (Å²) in [6.07, 6.45) is 0. The first-order valence-corrected chi connectivity index (χ1v) is 6.32. The number of anilines is 1. The minimum Gasteiger partial charge on any atom is -0.352 e. The fourth-order valence-corrected chi connectivity index (χ4v) is 2.55. The molecule has 1 atom stereocenters. The van der Waals surface area contributed by atoms with Crippen molar-refractivity contribution < 1.29 is 0 Å². The van der Waals surface area contributed by atoms with Crippen LogP contribution in [-0.2, 0) is 0 Å². The summed E-state index contributed by atoms with van der Waals surface area (Å²) in [5.74, 6) is 0. The molecule has 0 aliphatic heterocycles. The standard InChI is InChI=1S/C14H16NP/c1-12-8-10-13(11-9-12)15(2)16-14-6-4-3-5-7-14/h3-11,16H,1-2H3. The monoisotopic (exact) mass is 229 g/mol. The van der Waals surface area contributed by atoms with Gasteiger partial charge in [0.1, 0.15) is 0 Å². The van der Waals surface area contributed by atoms with Crippen molar-refractivity contribution >= 4 is 19.7 Å². The van der Waals surface area contributed by atoms with Gasteiger partial charge in [-0.1, -0.05) is 48.0 Å². The van der Waals surface area contributed by atoms with Crippen LogP contribution in [0.1, 0.15) is 5.56 Å². The molecule has 0 N–H and O–H groups in total. The van der Waals surface area contributed by atoms with Crippen molar-refractivity contribution in [2.45, 2.75) is 6.92 Å². The van der Waals surface area contributed by atoms with E-state index in [2.05, 4.69) is 73.2 Å². The van der Waals surface area contributed by atoms with Crippen LogP contribution in [0.15, 0.2) is 54.6 Å². The molecule has 16 heavy (non-hydrogen) atoms. The van der Waals surface area contributed by atoms with E-state index in [-0.39, 0.29) is 0 Å². The Hall–Kier alpha value is -1.33. The number of hydrogen-bond donors (Lipinski definition) is 0. The second-order valence-corrected chi connectivity index (χ2v) is 5.34. The SMILES string of the molecule is Cc1ccc(N(C)Pc2ccccc2)cc1. The molecule has 2 aromatic rings. The zero-order chi connectivity index (χ0) is 11.4. The van der Waals surface area contributed by atoms with Crippen molar-refractivity contribution in [1.29, 1.82) is 0 Å². The zero-order valence-electron chi connectivity index (χ0n) is 9.64. The van der Waals surface area contributed by atoms with Gasteiger partial charge < -0.3 is 4.67 Å². The Morgan fingerprint density at radius 1 is 0.875 bits per heavy atom. The van der Waals surface area contributed by atoms with Gasteiger partial charge >= 0.3 is 0 Å². The first-order valence-electron chi connectivity index (χ1n) is 5.38. The van der Waals surface area contributed by atoms with Crippen LogP contribution in [0.25, 0.3) is 0 Å². The van der Waals surface area contributed by atoms with Crippen molar-refractivity contribution in [2.75, 3.05) is 11.7 Å².